The van der Waals surface area contributed by atoms with E-state index in [2.05, 4.69) is 10.3 Å². The van der Waals surface area contributed by atoms with Crippen molar-refractivity contribution in [1.82, 2.24) is 9.38 Å². The molecule has 0 saturated carbocycles. The molecule has 4 rings (SSSR count). The Morgan fingerprint density at radius 1 is 1.00 bits per heavy atom. The maximum absolute atomic E-state index is 13.7. The van der Waals surface area contributed by atoms with Crippen LogP contribution in [0.5, 0.6) is 0 Å². The van der Waals surface area contributed by atoms with Gasteiger partial charge in [0.25, 0.3) is 5.91 Å². The van der Waals surface area contributed by atoms with Crippen LogP contribution in [0, 0.1) is 11.6 Å². The molecular weight excluding hydrogens is 376 g/mol. The summed E-state index contributed by atoms with van der Waals surface area (Å²) >= 11 is 0. The van der Waals surface area contributed by atoms with Crippen LogP contribution in [0.1, 0.15) is 5.56 Å². The van der Waals surface area contributed by atoms with Crippen molar-refractivity contribution in [2.24, 2.45) is 0 Å². The van der Waals surface area contributed by atoms with E-state index >= 15 is 0 Å². The molecule has 0 atom stereocenters. The highest BCUT2D eigenvalue weighted by molar-refractivity contribution is 5.95. The Morgan fingerprint density at radius 3 is 2.59 bits per heavy atom. The van der Waals surface area contributed by atoms with Crippen LogP contribution in [0.15, 0.2) is 72.9 Å². The van der Waals surface area contributed by atoms with Crippen molar-refractivity contribution in [3.05, 3.63) is 90.1 Å². The second-order valence-corrected chi connectivity index (χ2v) is 6.39. The van der Waals surface area contributed by atoms with Gasteiger partial charge in [-0.15, -0.1) is 0 Å². The van der Waals surface area contributed by atoms with Crippen LogP contribution in [0.2, 0.25) is 0 Å². The van der Waals surface area contributed by atoms with Gasteiger partial charge in [-0.2, -0.15) is 0 Å². The number of carbonyl (C=O) groups is 1. The molecule has 5 nitrogen and oxygen atoms in total. The Kier molecular flexibility index (Phi) is 5.31. The van der Waals surface area contributed by atoms with E-state index in [1.54, 1.807) is 28.8 Å². The molecule has 146 valence electrons. The summed E-state index contributed by atoms with van der Waals surface area (Å²) in [6, 6.07) is 18.3. The van der Waals surface area contributed by atoms with Gasteiger partial charge in [0.2, 0.25) is 0 Å². The number of benzene rings is 2. The topological polar surface area (TPSA) is 55.6 Å². The lowest BCUT2D eigenvalue weighted by molar-refractivity contribution is -0.121. The quantitative estimate of drug-likeness (QED) is 0.527. The molecule has 0 bridgehead atoms. The third-order valence-electron chi connectivity index (χ3n) is 4.33. The standard InChI is InChI=1S/C22H17F2N3O2/c23-17-10-9-16(12-18(17)24)21-22(27-11-5-4-8-19(27)25-21)26-20(28)14-29-13-15-6-2-1-3-7-15/h1-12H,13-14H2,(H,26,28). The predicted molar refractivity (Wildman–Crippen MR) is 105 cm³/mol. The second-order valence-electron chi connectivity index (χ2n) is 6.39. The van der Waals surface area contributed by atoms with Gasteiger partial charge in [0.1, 0.15) is 23.8 Å². The first kappa shape index (κ1) is 18.8. The highest BCUT2D eigenvalue weighted by Gasteiger charge is 2.17. The first-order chi connectivity index (χ1) is 14.1. The number of halogens is 2. The fourth-order valence-corrected chi connectivity index (χ4v) is 2.96. The number of imidazole rings is 1. The van der Waals surface area contributed by atoms with Crippen molar-refractivity contribution >= 4 is 17.4 Å². The molecule has 1 amide bonds. The average Bonchev–Trinajstić information content (AvgIpc) is 3.09. The number of hydrogen-bond donors (Lipinski definition) is 1. The van der Waals surface area contributed by atoms with Gasteiger partial charge in [-0.05, 0) is 35.9 Å². The van der Waals surface area contributed by atoms with Crippen LogP contribution in [0.3, 0.4) is 0 Å². The molecule has 2 aromatic heterocycles. The molecule has 0 saturated heterocycles. The van der Waals surface area contributed by atoms with Gasteiger partial charge in [0.05, 0.1) is 6.61 Å². The van der Waals surface area contributed by atoms with Crippen molar-refractivity contribution in [2.75, 3.05) is 11.9 Å². The predicted octanol–water partition coefficient (Wildman–Crippen LogP) is 4.43. The monoisotopic (exact) mass is 393 g/mol. The van der Waals surface area contributed by atoms with E-state index in [-0.39, 0.29) is 12.5 Å². The lowest BCUT2D eigenvalue weighted by Crippen LogP contribution is -2.19. The Labute approximate surface area is 165 Å². The Bertz CT molecular complexity index is 1160. The fourth-order valence-electron chi connectivity index (χ4n) is 2.96. The summed E-state index contributed by atoms with van der Waals surface area (Å²) in [5, 5.41) is 2.77. The van der Waals surface area contributed by atoms with Crippen molar-refractivity contribution in [3.8, 4) is 11.3 Å². The number of pyridine rings is 1. The summed E-state index contributed by atoms with van der Waals surface area (Å²) in [5.41, 5.74) is 2.21. The molecule has 0 aliphatic rings. The molecule has 0 radical (unpaired) electrons. The number of rotatable bonds is 6. The molecule has 2 aromatic carbocycles. The molecule has 2 heterocycles. The number of anilines is 1. The van der Waals surface area contributed by atoms with Gasteiger partial charge in [0, 0.05) is 11.8 Å². The summed E-state index contributed by atoms with van der Waals surface area (Å²) in [6.07, 6.45) is 1.73. The van der Waals surface area contributed by atoms with Crippen molar-refractivity contribution < 1.29 is 18.3 Å². The molecule has 7 heteroatoms. The summed E-state index contributed by atoms with van der Waals surface area (Å²) in [5.74, 6) is -1.95. The van der Waals surface area contributed by atoms with E-state index < -0.39 is 11.6 Å². The second kappa shape index (κ2) is 8.20. The number of ether oxygens (including phenoxy) is 1. The average molecular weight is 393 g/mol. The van der Waals surface area contributed by atoms with Crippen LogP contribution >= 0.6 is 0 Å². The van der Waals surface area contributed by atoms with Gasteiger partial charge >= 0.3 is 0 Å². The highest BCUT2D eigenvalue weighted by atomic mass is 19.2. The minimum atomic E-state index is -0.983. The number of fused-ring (bicyclic) bond motifs is 1. The largest absolute Gasteiger partial charge is 0.367 e. The number of nitrogens with zero attached hydrogens (tertiary/aromatic N) is 2. The molecule has 0 aliphatic heterocycles. The molecule has 0 fully saturated rings. The van der Waals surface area contributed by atoms with Gasteiger partial charge in [-0.3, -0.25) is 9.20 Å². The number of carbonyl (C=O) groups excluding carboxylic acids is 1. The fraction of sp³-hybridized carbons (Fsp3) is 0.0909. The van der Waals surface area contributed by atoms with Crippen LogP contribution in [0.25, 0.3) is 16.9 Å². The maximum atomic E-state index is 13.7. The molecule has 1 N–H and O–H groups in total. The third-order valence-corrected chi connectivity index (χ3v) is 4.33. The molecule has 0 aliphatic carbocycles. The van der Waals surface area contributed by atoms with Crippen LogP contribution in [0.4, 0.5) is 14.6 Å². The Morgan fingerprint density at radius 2 is 1.79 bits per heavy atom. The zero-order valence-electron chi connectivity index (χ0n) is 15.3. The molecule has 4 aromatic rings. The van der Waals surface area contributed by atoms with Crippen molar-refractivity contribution in [2.45, 2.75) is 6.61 Å². The van der Waals surface area contributed by atoms with E-state index in [0.29, 0.717) is 29.3 Å². The van der Waals surface area contributed by atoms with Crippen molar-refractivity contribution in [1.29, 1.82) is 0 Å². The number of amides is 1. The zero-order valence-corrected chi connectivity index (χ0v) is 15.3. The van der Waals surface area contributed by atoms with E-state index in [1.807, 2.05) is 30.3 Å². The zero-order chi connectivity index (χ0) is 20.2. The normalized spacial score (nSPS) is 11.0. The van der Waals surface area contributed by atoms with Gasteiger partial charge < -0.3 is 10.1 Å². The lowest BCUT2D eigenvalue weighted by atomic mass is 10.1. The lowest BCUT2D eigenvalue weighted by Gasteiger charge is -2.09. The Balaban J connectivity index is 1.57. The molecular formula is C22H17F2N3O2. The van der Waals surface area contributed by atoms with Gasteiger partial charge in [0.15, 0.2) is 11.6 Å². The van der Waals surface area contributed by atoms with Gasteiger partial charge in [-0.1, -0.05) is 36.4 Å². The van der Waals surface area contributed by atoms with Crippen LogP contribution < -0.4 is 5.32 Å². The van der Waals surface area contributed by atoms with Crippen LogP contribution in [-0.2, 0) is 16.1 Å². The Hall–Kier alpha value is -3.58. The number of nitrogens with one attached hydrogen (secondary N) is 1. The molecule has 0 spiro atoms. The minimum absolute atomic E-state index is 0.161. The van der Waals surface area contributed by atoms with E-state index in [9.17, 15) is 13.6 Å². The number of aromatic nitrogens is 2. The first-order valence-corrected chi connectivity index (χ1v) is 8.96. The summed E-state index contributed by atoms with van der Waals surface area (Å²) in [4.78, 5) is 16.9. The van der Waals surface area contributed by atoms with Crippen LogP contribution in [-0.4, -0.2) is 21.9 Å². The minimum Gasteiger partial charge on any atom is -0.367 e. The van der Waals surface area contributed by atoms with E-state index in [4.69, 9.17) is 4.74 Å². The van der Waals surface area contributed by atoms with Gasteiger partial charge in [-0.25, -0.2) is 13.8 Å². The SMILES string of the molecule is O=C(COCc1ccccc1)Nc1c(-c2ccc(F)c(F)c2)nc2ccccn12. The van der Waals surface area contributed by atoms with E-state index in [1.165, 1.54) is 6.07 Å². The summed E-state index contributed by atoms with van der Waals surface area (Å²) < 4.78 is 34.2. The smallest absolute Gasteiger partial charge is 0.251 e. The molecule has 29 heavy (non-hydrogen) atoms. The maximum Gasteiger partial charge on any atom is 0.251 e. The summed E-state index contributed by atoms with van der Waals surface area (Å²) in [6.45, 7) is 0.142. The first-order valence-electron chi connectivity index (χ1n) is 8.96. The highest BCUT2D eigenvalue weighted by Crippen LogP contribution is 2.29. The summed E-state index contributed by atoms with van der Waals surface area (Å²) in [7, 11) is 0. The third kappa shape index (κ3) is 4.14. The van der Waals surface area contributed by atoms with E-state index in [0.717, 1.165) is 17.7 Å². The number of hydrogen-bond acceptors (Lipinski definition) is 3. The van der Waals surface area contributed by atoms with Crippen molar-refractivity contribution in [3.63, 3.8) is 0 Å². The molecule has 0 unspecified atom stereocenters.